The minimum absolute atomic E-state index is 0.0400. The summed E-state index contributed by atoms with van der Waals surface area (Å²) in [4.78, 5) is 53.2. The molecule has 3 N–H and O–H groups in total. The van der Waals surface area contributed by atoms with Crippen molar-refractivity contribution >= 4 is 30.0 Å². The Morgan fingerprint density at radius 3 is 2.05 bits per heavy atom. The number of aliphatic imine (C=N–C) groups is 1. The molecule has 0 aliphatic carbocycles. The summed E-state index contributed by atoms with van der Waals surface area (Å²) in [5.41, 5.74) is -0.463. The zero-order valence-corrected chi connectivity index (χ0v) is 23.8. The van der Waals surface area contributed by atoms with Gasteiger partial charge in [0.15, 0.2) is 0 Å². The molecule has 2 rings (SSSR count). The van der Waals surface area contributed by atoms with Crippen LogP contribution in [0.15, 0.2) is 41.5 Å². The number of amides is 3. The maximum absolute atomic E-state index is 12.7. The third-order valence-electron chi connectivity index (χ3n) is 4.67. The van der Waals surface area contributed by atoms with Gasteiger partial charge in [-0.05, 0) is 47.1 Å². The Morgan fingerprint density at radius 2 is 1.52 bits per heavy atom. The second-order valence-corrected chi connectivity index (χ2v) is 10.6. The number of esters is 1. The normalized spacial score (nSPS) is 12.0. The van der Waals surface area contributed by atoms with Crippen molar-refractivity contribution in [3.8, 4) is 0 Å². The number of methoxy groups -OCH3 is 1. The van der Waals surface area contributed by atoms with Crippen LogP contribution in [0, 0.1) is 0 Å². The van der Waals surface area contributed by atoms with Crippen molar-refractivity contribution in [2.75, 3.05) is 7.11 Å². The lowest BCUT2D eigenvalue weighted by atomic mass is 10.0. The second kappa shape index (κ2) is 14.1. The first-order chi connectivity index (χ1) is 18.6. The van der Waals surface area contributed by atoms with Gasteiger partial charge in [0.05, 0.1) is 32.3 Å². The van der Waals surface area contributed by atoms with Gasteiger partial charge >= 0.3 is 18.2 Å². The van der Waals surface area contributed by atoms with Crippen molar-refractivity contribution in [3.63, 3.8) is 0 Å². The molecule has 218 valence electrons. The quantitative estimate of drug-likeness (QED) is 0.190. The molecule has 1 atom stereocenters. The van der Waals surface area contributed by atoms with Gasteiger partial charge in [-0.1, -0.05) is 35.5 Å². The van der Waals surface area contributed by atoms with Gasteiger partial charge in [0.2, 0.25) is 11.9 Å². The van der Waals surface area contributed by atoms with E-state index in [4.69, 9.17) is 14.2 Å². The molecule has 1 aromatic carbocycles. The van der Waals surface area contributed by atoms with Crippen LogP contribution in [0.3, 0.4) is 0 Å². The van der Waals surface area contributed by atoms with Gasteiger partial charge in [-0.25, -0.2) is 19.3 Å². The fraction of sp³-hybridized carbons (Fsp3) is 0.500. The molecule has 1 aromatic heterocycles. The molecule has 40 heavy (non-hydrogen) atoms. The van der Waals surface area contributed by atoms with Gasteiger partial charge in [-0.15, -0.1) is 5.10 Å². The summed E-state index contributed by atoms with van der Waals surface area (Å²) in [7, 11) is 1.28. The van der Waals surface area contributed by atoms with E-state index in [2.05, 4.69) is 31.3 Å². The number of benzene rings is 1. The van der Waals surface area contributed by atoms with Crippen LogP contribution < -0.4 is 16.0 Å². The van der Waals surface area contributed by atoms with E-state index in [1.807, 2.05) is 6.07 Å². The minimum atomic E-state index is -0.831. The summed E-state index contributed by atoms with van der Waals surface area (Å²) in [5, 5.41) is 15.5. The molecule has 14 heteroatoms. The molecule has 0 fully saturated rings. The van der Waals surface area contributed by atoms with Crippen LogP contribution in [0.25, 0.3) is 0 Å². The monoisotopic (exact) mass is 559 g/mol. The van der Waals surface area contributed by atoms with E-state index in [1.54, 1.807) is 65.8 Å². The van der Waals surface area contributed by atoms with E-state index in [9.17, 15) is 19.2 Å². The van der Waals surface area contributed by atoms with E-state index in [1.165, 1.54) is 18.0 Å². The summed E-state index contributed by atoms with van der Waals surface area (Å²) in [6, 6.07) is 8.45. The average Bonchev–Trinajstić information content (AvgIpc) is 3.27. The van der Waals surface area contributed by atoms with Crippen molar-refractivity contribution < 1.29 is 33.4 Å². The third-order valence-corrected chi connectivity index (χ3v) is 4.67. The highest BCUT2D eigenvalue weighted by Crippen LogP contribution is 2.17. The summed E-state index contributed by atoms with van der Waals surface area (Å²) in [5.74, 6) is -1.09. The smallest absolute Gasteiger partial charge is 0.414 e. The predicted molar refractivity (Wildman–Crippen MR) is 144 cm³/mol. The molecule has 0 saturated carbocycles. The Balaban J connectivity index is 2.08. The molecule has 0 bridgehead atoms. The molecule has 0 radical (unpaired) electrons. The van der Waals surface area contributed by atoms with E-state index >= 15 is 0 Å². The van der Waals surface area contributed by atoms with Crippen LogP contribution >= 0.6 is 0 Å². The Labute approximate surface area is 232 Å². The first-order valence-corrected chi connectivity index (χ1v) is 12.5. The lowest BCUT2D eigenvalue weighted by Gasteiger charge is -2.22. The van der Waals surface area contributed by atoms with E-state index in [-0.39, 0.29) is 25.5 Å². The molecular weight excluding hydrogens is 522 g/mol. The molecular formula is C26H37N7O7. The lowest BCUT2D eigenvalue weighted by molar-refractivity contribution is -0.141. The topological polar surface area (TPSA) is 175 Å². The maximum atomic E-state index is 12.7. The van der Waals surface area contributed by atoms with Crippen LogP contribution in [-0.2, 0) is 36.9 Å². The Morgan fingerprint density at radius 1 is 0.950 bits per heavy atom. The molecule has 0 saturated heterocycles. The number of guanidine groups is 1. The highest BCUT2D eigenvalue weighted by Gasteiger charge is 2.22. The lowest BCUT2D eigenvalue weighted by Crippen LogP contribution is -2.47. The summed E-state index contributed by atoms with van der Waals surface area (Å²) in [6.45, 7) is 9.87. The standard InChI is InChI=1S/C26H37N7O7/c1-25(2,3)39-23(36)29-22(30-24(37)40-26(4,5)6)27-14-18-15-33(32-31-18)16-20(34)28-19(13-21(35)38-7)17-11-9-8-10-12-17/h8-12,15,19H,13-14,16H2,1-7H3,(H,28,34)(H2,27,29,30,36,37)/t19-/m1/s1. The highest BCUT2D eigenvalue weighted by atomic mass is 16.6. The van der Waals surface area contributed by atoms with E-state index in [0.29, 0.717) is 5.69 Å². The first-order valence-electron chi connectivity index (χ1n) is 12.5. The molecule has 3 amide bonds. The number of aromatic nitrogens is 3. The van der Waals surface area contributed by atoms with Gasteiger partial charge in [0.25, 0.3) is 0 Å². The second-order valence-electron chi connectivity index (χ2n) is 10.6. The number of carbonyl (C=O) groups is 4. The number of hydrogen-bond donors (Lipinski definition) is 3. The average molecular weight is 560 g/mol. The van der Waals surface area contributed by atoms with Gasteiger partial charge in [-0.3, -0.25) is 20.2 Å². The number of carbonyl (C=O) groups excluding carboxylic acids is 4. The van der Waals surface area contributed by atoms with E-state index < -0.39 is 41.3 Å². The SMILES string of the molecule is COC(=O)C[C@@H](NC(=O)Cn1cc(CN=C(NC(=O)OC(C)(C)C)NC(=O)OC(C)(C)C)nn1)c1ccccc1. The van der Waals surface area contributed by atoms with Crippen molar-refractivity contribution in [2.24, 2.45) is 4.99 Å². The van der Waals surface area contributed by atoms with Crippen molar-refractivity contribution in [2.45, 2.75) is 78.3 Å². The number of nitrogens with one attached hydrogen (secondary N) is 3. The van der Waals surface area contributed by atoms with E-state index in [0.717, 1.165) is 5.56 Å². The zero-order valence-electron chi connectivity index (χ0n) is 23.8. The number of nitrogens with zero attached hydrogens (tertiary/aromatic N) is 4. The first kappa shape index (κ1) is 31.7. The Bertz CT molecular complexity index is 1170. The number of rotatable bonds is 8. The maximum Gasteiger partial charge on any atom is 0.414 e. The summed E-state index contributed by atoms with van der Waals surface area (Å²) in [6.07, 6.45) is -0.216. The van der Waals surface area contributed by atoms with Gasteiger partial charge in [-0.2, -0.15) is 0 Å². The van der Waals surface area contributed by atoms with Crippen LogP contribution in [-0.4, -0.2) is 63.3 Å². The summed E-state index contributed by atoms with van der Waals surface area (Å²) >= 11 is 0. The number of hydrogen-bond acceptors (Lipinski definition) is 10. The predicted octanol–water partition coefficient (Wildman–Crippen LogP) is 2.60. The molecule has 0 aliphatic rings. The summed E-state index contributed by atoms with van der Waals surface area (Å²) < 4.78 is 16.5. The fourth-order valence-electron chi connectivity index (χ4n) is 3.13. The van der Waals surface area contributed by atoms with Crippen LogP contribution in [0.1, 0.15) is 65.3 Å². The highest BCUT2D eigenvalue weighted by molar-refractivity contribution is 6.01. The molecule has 0 unspecified atom stereocenters. The van der Waals surface area contributed by atoms with Crippen LogP contribution in [0.5, 0.6) is 0 Å². The molecule has 1 heterocycles. The number of ether oxygens (including phenoxy) is 3. The molecule has 14 nitrogen and oxygen atoms in total. The Hall–Kier alpha value is -4.49. The number of alkyl carbamates (subject to hydrolysis) is 2. The fourth-order valence-corrected chi connectivity index (χ4v) is 3.13. The van der Waals surface area contributed by atoms with Crippen LogP contribution in [0.2, 0.25) is 0 Å². The molecule has 2 aromatic rings. The van der Waals surface area contributed by atoms with Crippen molar-refractivity contribution in [1.29, 1.82) is 0 Å². The molecule has 0 spiro atoms. The Kier molecular flexibility index (Phi) is 11.1. The van der Waals surface area contributed by atoms with Gasteiger partial charge in [0.1, 0.15) is 23.4 Å². The van der Waals surface area contributed by atoms with Gasteiger partial charge in [0, 0.05) is 0 Å². The third kappa shape index (κ3) is 12.4. The van der Waals surface area contributed by atoms with Crippen molar-refractivity contribution in [1.82, 2.24) is 30.9 Å². The zero-order chi connectivity index (χ0) is 29.9. The van der Waals surface area contributed by atoms with Crippen LogP contribution in [0.4, 0.5) is 9.59 Å². The largest absolute Gasteiger partial charge is 0.469 e. The molecule has 0 aliphatic heterocycles. The minimum Gasteiger partial charge on any atom is -0.469 e. The van der Waals surface area contributed by atoms with Crippen molar-refractivity contribution in [3.05, 3.63) is 47.8 Å². The van der Waals surface area contributed by atoms with Gasteiger partial charge < -0.3 is 19.5 Å².